The molecule has 4 fully saturated rings. The number of piperidine rings is 3. The number of hydrogen-bond acceptors (Lipinski definition) is 5. The van der Waals surface area contributed by atoms with Crippen LogP contribution in [0.15, 0.2) is 30.3 Å². The first-order valence-electron chi connectivity index (χ1n) is 8.13. The van der Waals surface area contributed by atoms with E-state index in [0.717, 1.165) is 21.7 Å². The summed E-state index contributed by atoms with van der Waals surface area (Å²) in [5.41, 5.74) is 1.12. The maximum atomic E-state index is 6.31. The highest BCUT2D eigenvalue weighted by atomic mass is 35.5. The lowest BCUT2D eigenvalue weighted by molar-refractivity contribution is -0.0986. The van der Waals surface area contributed by atoms with Crippen LogP contribution in [0.2, 0.25) is 0 Å². The third kappa shape index (κ3) is 2.75. The molecule has 1 saturated carbocycles. The van der Waals surface area contributed by atoms with Gasteiger partial charge >= 0.3 is 0 Å². The van der Waals surface area contributed by atoms with Crippen LogP contribution in [0, 0.1) is 17.8 Å². The van der Waals surface area contributed by atoms with Gasteiger partial charge in [0, 0.05) is 37.0 Å². The van der Waals surface area contributed by atoms with E-state index in [1.165, 1.54) is 32.5 Å². The number of nitrogens with zero attached hydrogens (tertiary/aromatic N) is 3. The second kappa shape index (κ2) is 6.04. The molecular weight excluding hydrogens is 330 g/mol. The lowest BCUT2D eigenvalue weighted by Crippen LogP contribution is -2.61. The van der Waals surface area contributed by atoms with Gasteiger partial charge in [-0.2, -0.15) is 0 Å². The molecule has 2 unspecified atom stereocenters. The van der Waals surface area contributed by atoms with Gasteiger partial charge in [-0.1, -0.05) is 46.8 Å². The highest BCUT2D eigenvalue weighted by Gasteiger charge is 2.49. The van der Waals surface area contributed by atoms with Crippen molar-refractivity contribution in [2.45, 2.75) is 18.9 Å². The van der Waals surface area contributed by atoms with Crippen molar-refractivity contribution in [1.29, 1.82) is 0 Å². The van der Waals surface area contributed by atoms with Gasteiger partial charge in [0.15, 0.2) is 5.01 Å². The third-order valence-electron chi connectivity index (χ3n) is 5.37. The Kier molecular flexibility index (Phi) is 4.03. The molecule has 0 spiro atoms. The fourth-order valence-corrected chi connectivity index (χ4v) is 5.37. The minimum Gasteiger partial charge on any atom is -0.465 e. The summed E-state index contributed by atoms with van der Waals surface area (Å²) in [7, 11) is 0. The summed E-state index contributed by atoms with van der Waals surface area (Å²) in [6.07, 6.45) is 3.02. The summed E-state index contributed by atoms with van der Waals surface area (Å²) in [4.78, 5) is 2.63. The molecule has 6 heteroatoms. The molecular formula is C17H20ClN3OS. The van der Waals surface area contributed by atoms with Crippen LogP contribution in [-0.4, -0.2) is 40.8 Å². The van der Waals surface area contributed by atoms with Crippen molar-refractivity contribution in [3.8, 4) is 15.8 Å². The number of halogens is 1. The van der Waals surface area contributed by atoms with E-state index in [2.05, 4.69) is 27.2 Å². The molecule has 4 aliphatic rings. The maximum absolute atomic E-state index is 6.31. The number of benzene rings is 1. The fraction of sp³-hybridized carbons (Fsp3) is 0.529. The third-order valence-corrected chi connectivity index (χ3v) is 6.23. The Balaban J connectivity index is 0.00000135. The van der Waals surface area contributed by atoms with Crippen LogP contribution in [-0.2, 0) is 0 Å². The molecule has 6 rings (SSSR count). The summed E-state index contributed by atoms with van der Waals surface area (Å²) in [6, 6.07) is 10.2. The Hall–Kier alpha value is -1.17. The lowest BCUT2D eigenvalue weighted by Gasteiger charge is -2.54. The van der Waals surface area contributed by atoms with Crippen molar-refractivity contribution in [2.75, 3.05) is 19.6 Å². The van der Waals surface area contributed by atoms with Crippen LogP contribution in [0.1, 0.15) is 12.8 Å². The second-order valence-corrected chi connectivity index (χ2v) is 7.84. The molecule has 1 aromatic heterocycles. The number of aromatic nitrogens is 2. The predicted octanol–water partition coefficient (Wildman–Crippen LogP) is 3.35. The Morgan fingerprint density at radius 3 is 2.43 bits per heavy atom. The van der Waals surface area contributed by atoms with Crippen LogP contribution >= 0.6 is 23.7 Å². The molecule has 3 saturated heterocycles. The normalized spacial score (nSPS) is 34.2. The second-order valence-electron chi connectivity index (χ2n) is 6.90. The number of hydrogen-bond donors (Lipinski definition) is 0. The van der Waals surface area contributed by atoms with Crippen LogP contribution in [0.4, 0.5) is 0 Å². The van der Waals surface area contributed by atoms with E-state index in [-0.39, 0.29) is 12.4 Å². The summed E-state index contributed by atoms with van der Waals surface area (Å²) in [5.74, 6) is 2.29. The van der Waals surface area contributed by atoms with E-state index in [0.29, 0.717) is 17.9 Å². The molecule has 0 radical (unpaired) electrons. The molecule has 23 heavy (non-hydrogen) atoms. The molecule has 1 aromatic carbocycles. The van der Waals surface area contributed by atoms with Gasteiger partial charge in [0.25, 0.3) is 5.19 Å². The Bertz CT molecular complexity index is 649. The van der Waals surface area contributed by atoms with Crippen molar-refractivity contribution >= 4 is 23.7 Å². The molecule has 2 atom stereocenters. The Morgan fingerprint density at radius 2 is 1.74 bits per heavy atom. The van der Waals surface area contributed by atoms with Gasteiger partial charge in [-0.3, -0.25) is 0 Å². The van der Waals surface area contributed by atoms with Gasteiger partial charge in [-0.15, -0.1) is 17.5 Å². The standard InChI is InChI=1S/C17H19N3OS.ClH/c1-2-4-12(5-3-1)16-18-19-17(22-16)21-15-13-6-11-7-14(15)10-20(8-11)9-13;/h1-5,11,13-15H,6-10H2;1H. The molecule has 122 valence electrons. The fourth-order valence-electron chi connectivity index (χ4n) is 4.63. The number of ether oxygens (including phenoxy) is 1. The van der Waals surface area contributed by atoms with Gasteiger partial charge in [0.1, 0.15) is 6.10 Å². The lowest BCUT2D eigenvalue weighted by atomic mass is 9.66. The summed E-state index contributed by atoms with van der Waals surface area (Å²) < 4.78 is 6.31. The highest BCUT2D eigenvalue weighted by molar-refractivity contribution is 7.16. The van der Waals surface area contributed by atoms with Gasteiger partial charge in [0.05, 0.1) is 0 Å². The Morgan fingerprint density at radius 1 is 1.00 bits per heavy atom. The quantitative estimate of drug-likeness (QED) is 0.851. The smallest absolute Gasteiger partial charge is 0.294 e. The van der Waals surface area contributed by atoms with Gasteiger partial charge < -0.3 is 9.64 Å². The summed E-state index contributed by atoms with van der Waals surface area (Å²) in [5, 5.41) is 10.3. The average molecular weight is 350 g/mol. The first kappa shape index (κ1) is 15.4. The zero-order valence-corrected chi connectivity index (χ0v) is 14.4. The molecule has 2 aromatic rings. The van der Waals surface area contributed by atoms with Crippen LogP contribution in [0.5, 0.6) is 5.19 Å². The van der Waals surface area contributed by atoms with Gasteiger partial charge in [-0.05, 0) is 18.8 Å². The topological polar surface area (TPSA) is 38.3 Å². The van der Waals surface area contributed by atoms with E-state index < -0.39 is 0 Å². The van der Waals surface area contributed by atoms with Crippen molar-refractivity contribution in [3.63, 3.8) is 0 Å². The van der Waals surface area contributed by atoms with E-state index in [9.17, 15) is 0 Å². The molecule has 4 bridgehead atoms. The van der Waals surface area contributed by atoms with Crippen LogP contribution in [0.25, 0.3) is 10.6 Å². The molecule has 4 heterocycles. The number of rotatable bonds is 3. The zero-order chi connectivity index (χ0) is 14.5. The minimum absolute atomic E-state index is 0. The molecule has 1 aliphatic carbocycles. The highest BCUT2D eigenvalue weighted by Crippen LogP contribution is 2.45. The average Bonchev–Trinajstić information content (AvgIpc) is 3.00. The first-order valence-corrected chi connectivity index (χ1v) is 8.95. The maximum Gasteiger partial charge on any atom is 0.294 e. The van der Waals surface area contributed by atoms with Gasteiger partial charge in [-0.25, -0.2) is 0 Å². The monoisotopic (exact) mass is 349 g/mol. The first-order chi connectivity index (χ1) is 10.8. The SMILES string of the molecule is Cl.c1ccc(-c2nnc(OC3C4CC5CC3CN(C5)C4)s2)cc1. The van der Waals surface area contributed by atoms with Crippen molar-refractivity contribution in [3.05, 3.63) is 30.3 Å². The molecule has 0 N–H and O–H groups in total. The van der Waals surface area contributed by atoms with E-state index in [1.807, 2.05) is 18.2 Å². The minimum atomic E-state index is 0. The predicted molar refractivity (Wildman–Crippen MR) is 93.2 cm³/mol. The van der Waals surface area contributed by atoms with Crippen molar-refractivity contribution < 1.29 is 4.74 Å². The van der Waals surface area contributed by atoms with E-state index in [1.54, 1.807) is 11.3 Å². The molecule has 4 nitrogen and oxygen atoms in total. The van der Waals surface area contributed by atoms with E-state index in [4.69, 9.17) is 4.74 Å². The summed E-state index contributed by atoms with van der Waals surface area (Å²) >= 11 is 1.57. The van der Waals surface area contributed by atoms with Crippen LogP contribution in [0.3, 0.4) is 0 Å². The van der Waals surface area contributed by atoms with Gasteiger partial charge in [0.2, 0.25) is 0 Å². The van der Waals surface area contributed by atoms with Crippen molar-refractivity contribution in [2.24, 2.45) is 17.8 Å². The molecule has 3 aliphatic heterocycles. The Labute approximate surface area is 146 Å². The summed E-state index contributed by atoms with van der Waals surface area (Å²) in [6.45, 7) is 3.74. The van der Waals surface area contributed by atoms with E-state index >= 15 is 0 Å². The zero-order valence-electron chi connectivity index (χ0n) is 12.8. The molecule has 0 amide bonds. The van der Waals surface area contributed by atoms with Crippen molar-refractivity contribution in [1.82, 2.24) is 15.1 Å². The largest absolute Gasteiger partial charge is 0.465 e. The van der Waals surface area contributed by atoms with Crippen LogP contribution < -0.4 is 4.74 Å².